The van der Waals surface area contributed by atoms with Gasteiger partial charge in [0.25, 0.3) is 0 Å². The molecule has 2 heterocycles. The highest BCUT2D eigenvalue weighted by molar-refractivity contribution is 5.89. The van der Waals surface area contributed by atoms with Crippen LogP contribution in [0, 0.1) is 5.92 Å². The van der Waals surface area contributed by atoms with E-state index in [0.29, 0.717) is 26.2 Å². The lowest BCUT2D eigenvalue weighted by Gasteiger charge is -2.36. The zero-order valence-electron chi connectivity index (χ0n) is 16.6. The van der Waals surface area contributed by atoms with Crippen molar-refractivity contribution in [3.05, 3.63) is 35.9 Å². The first-order valence-electron chi connectivity index (χ1n) is 10.1. The Labute approximate surface area is 166 Å². The summed E-state index contributed by atoms with van der Waals surface area (Å²) in [6, 6.07) is 9.79. The second kappa shape index (κ2) is 9.08. The second-order valence-corrected chi connectivity index (χ2v) is 7.51. The topological polar surface area (TPSA) is 79.0 Å². The summed E-state index contributed by atoms with van der Waals surface area (Å²) in [6.07, 6.45) is 1.41. The molecule has 3 rings (SSSR count). The molecule has 2 unspecified atom stereocenters. The summed E-state index contributed by atoms with van der Waals surface area (Å²) in [5.41, 5.74) is 1.04. The summed E-state index contributed by atoms with van der Waals surface area (Å²) < 4.78 is 5.04. The number of piperidine rings is 1. The van der Waals surface area contributed by atoms with Crippen LogP contribution in [-0.2, 0) is 14.3 Å². The predicted molar refractivity (Wildman–Crippen MR) is 104 cm³/mol. The number of amides is 3. The van der Waals surface area contributed by atoms with Crippen LogP contribution in [0.5, 0.6) is 0 Å². The lowest BCUT2D eigenvalue weighted by molar-refractivity contribution is -0.131. The molecular weight excluding hydrogens is 358 g/mol. The van der Waals surface area contributed by atoms with E-state index in [9.17, 15) is 14.4 Å². The molecule has 0 bridgehead atoms. The van der Waals surface area contributed by atoms with Gasteiger partial charge in [0.05, 0.1) is 18.6 Å². The predicted octanol–water partition coefficient (Wildman–Crippen LogP) is 2.33. The van der Waals surface area contributed by atoms with E-state index in [1.54, 1.807) is 11.8 Å². The van der Waals surface area contributed by atoms with Crippen molar-refractivity contribution in [3.63, 3.8) is 0 Å². The second-order valence-electron chi connectivity index (χ2n) is 7.51. The fourth-order valence-electron chi connectivity index (χ4n) is 3.99. The van der Waals surface area contributed by atoms with Crippen LogP contribution < -0.4 is 5.32 Å². The zero-order chi connectivity index (χ0) is 20.1. The molecule has 2 aliphatic heterocycles. The molecule has 1 aromatic rings. The maximum Gasteiger partial charge on any atom is 0.409 e. The van der Waals surface area contributed by atoms with E-state index in [1.165, 1.54) is 0 Å². The number of nitrogens with one attached hydrogen (secondary N) is 1. The van der Waals surface area contributed by atoms with Crippen LogP contribution in [0.15, 0.2) is 30.3 Å². The summed E-state index contributed by atoms with van der Waals surface area (Å²) in [4.78, 5) is 40.5. The molecule has 0 radical (unpaired) electrons. The highest BCUT2D eigenvalue weighted by Crippen LogP contribution is 2.26. The maximum atomic E-state index is 12.7. The van der Waals surface area contributed by atoms with Gasteiger partial charge in [-0.2, -0.15) is 0 Å². The molecule has 0 saturated carbocycles. The zero-order valence-corrected chi connectivity index (χ0v) is 16.6. The van der Waals surface area contributed by atoms with E-state index in [0.717, 1.165) is 18.4 Å². The van der Waals surface area contributed by atoms with Gasteiger partial charge in [-0.1, -0.05) is 30.3 Å². The number of likely N-dealkylation sites (tertiary alicyclic amines) is 2. The molecule has 2 aliphatic rings. The molecule has 2 atom stereocenters. The van der Waals surface area contributed by atoms with Crippen LogP contribution in [-0.4, -0.2) is 60.0 Å². The van der Waals surface area contributed by atoms with E-state index in [1.807, 2.05) is 42.2 Å². The maximum absolute atomic E-state index is 12.7. The van der Waals surface area contributed by atoms with Crippen LogP contribution in [0.25, 0.3) is 0 Å². The fourth-order valence-corrected chi connectivity index (χ4v) is 3.99. The molecule has 0 aromatic heterocycles. The number of carbonyl (C=O) groups is 3. The SMILES string of the molecule is CCOC(=O)N1CCC(N2CC(C(=O)NC(C)c3ccccc3)CC2=O)CC1. The molecule has 1 aromatic carbocycles. The first-order chi connectivity index (χ1) is 13.5. The van der Waals surface area contributed by atoms with Crippen LogP contribution in [0.3, 0.4) is 0 Å². The summed E-state index contributed by atoms with van der Waals surface area (Å²) in [7, 11) is 0. The van der Waals surface area contributed by atoms with E-state index in [2.05, 4.69) is 5.32 Å². The van der Waals surface area contributed by atoms with Crippen molar-refractivity contribution < 1.29 is 19.1 Å². The number of rotatable bonds is 5. The minimum atomic E-state index is -0.318. The summed E-state index contributed by atoms with van der Waals surface area (Å²) in [6.45, 7) is 5.71. The highest BCUT2D eigenvalue weighted by Gasteiger charge is 2.39. The lowest BCUT2D eigenvalue weighted by Crippen LogP contribution is -2.47. The van der Waals surface area contributed by atoms with Crippen LogP contribution in [0.2, 0.25) is 0 Å². The number of carbonyl (C=O) groups excluding carboxylic acids is 3. The standard InChI is InChI=1S/C21H29N3O4/c1-3-28-21(27)23-11-9-18(10-12-23)24-14-17(13-19(24)25)20(26)22-15(2)16-7-5-4-6-8-16/h4-8,15,17-18H,3,9-14H2,1-2H3,(H,22,26). The van der Waals surface area contributed by atoms with Crippen molar-refractivity contribution in [3.8, 4) is 0 Å². The Morgan fingerprint density at radius 2 is 1.89 bits per heavy atom. The third kappa shape index (κ3) is 4.64. The summed E-state index contributed by atoms with van der Waals surface area (Å²) in [5.74, 6) is -0.361. The van der Waals surface area contributed by atoms with Gasteiger partial charge < -0.3 is 19.9 Å². The molecule has 2 saturated heterocycles. The molecule has 1 N–H and O–H groups in total. The Balaban J connectivity index is 1.51. The quantitative estimate of drug-likeness (QED) is 0.841. The Morgan fingerprint density at radius 1 is 1.21 bits per heavy atom. The average Bonchev–Trinajstić information content (AvgIpc) is 3.11. The first-order valence-corrected chi connectivity index (χ1v) is 10.1. The molecule has 2 fully saturated rings. The van der Waals surface area contributed by atoms with Crippen molar-refractivity contribution >= 4 is 17.9 Å². The number of benzene rings is 1. The van der Waals surface area contributed by atoms with E-state index in [4.69, 9.17) is 4.74 Å². The smallest absolute Gasteiger partial charge is 0.409 e. The van der Waals surface area contributed by atoms with Crippen molar-refractivity contribution in [1.82, 2.24) is 15.1 Å². The van der Waals surface area contributed by atoms with Crippen LogP contribution in [0.4, 0.5) is 4.79 Å². The number of ether oxygens (including phenoxy) is 1. The van der Waals surface area contributed by atoms with E-state index < -0.39 is 0 Å². The Kier molecular flexibility index (Phi) is 6.54. The normalized spacial score (nSPS) is 21.5. The number of hydrogen-bond acceptors (Lipinski definition) is 4. The van der Waals surface area contributed by atoms with Gasteiger partial charge in [0, 0.05) is 32.1 Å². The van der Waals surface area contributed by atoms with Gasteiger partial charge in [-0.3, -0.25) is 9.59 Å². The molecule has 28 heavy (non-hydrogen) atoms. The van der Waals surface area contributed by atoms with Gasteiger partial charge in [0.2, 0.25) is 11.8 Å². The first kappa shape index (κ1) is 20.2. The van der Waals surface area contributed by atoms with E-state index in [-0.39, 0.29) is 42.3 Å². The highest BCUT2D eigenvalue weighted by atomic mass is 16.6. The minimum absolute atomic E-state index is 0.0297. The minimum Gasteiger partial charge on any atom is -0.450 e. The van der Waals surface area contributed by atoms with Gasteiger partial charge in [0.1, 0.15) is 0 Å². The lowest BCUT2D eigenvalue weighted by atomic mass is 10.0. The Hall–Kier alpha value is -2.57. The van der Waals surface area contributed by atoms with Crippen LogP contribution >= 0.6 is 0 Å². The molecule has 3 amide bonds. The van der Waals surface area contributed by atoms with Gasteiger partial charge in [-0.05, 0) is 32.3 Å². The van der Waals surface area contributed by atoms with Crippen molar-refractivity contribution in [2.75, 3.05) is 26.2 Å². The van der Waals surface area contributed by atoms with E-state index >= 15 is 0 Å². The summed E-state index contributed by atoms with van der Waals surface area (Å²) >= 11 is 0. The molecule has 7 heteroatoms. The molecule has 7 nitrogen and oxygen atoms in total. The van der Waals surface area contributed by atoms with Gasteiger partial charge in [-0.25, -0.2) is 4.79 Å². The molecular formula is C21H29N3O4. The largest absolute Gasteiger partial charge is 0.450 e. The fraction of sp³-hybridized carbons (Fsp3) is 0.571. The van der Waals surface area contributed by atoms with Crippen molar-refractivity contribution in [1.29, 1.82) is 0 Å². The monoisotopic (exact) mass is 387 g/mol. The Morgan fingerprint density at radius 3 is 2.54 bits per heavy atom. The number of hydrogen-bond donors (Lipinski definition) is 1. The third-order valence-electron chi connectivity index (χ3n) is 5.62. The van der Waals surface area contributed by atoms with Crippen LogP contribution in [0.1, 0.15) is 44.7 Å². The third-order valence-corrected chi connectivity index (χ3v) is 5.62. The number of nitrogens with zero attached hydrogens (tertiary/aromatic N) is 2. The van der Waals surface area contributed by atoms with Crippen molar-refractivity contribution in [2.45, 2.75) is 45.2 Å². The molecule has 0 spiro atoms. The average molecular weight is 387 g/mol. The summed E-state index contributed by atoms with van der Waals surface area (Å²) in [5, 5.41) is 3.03. The van der Waals surface area contributed by atoms with Gasteiger partial charge in [0.15, 0.2) is 0 Å². The Bertz CT molecular complexity index is 701. The molecule has 152 valence electrons. The van der Waals surface area contributed by atoms with Crippen molar-refractivity contribution in [2.24, 2.45) is 5.92 Å². The van der Waals surface area contributed by atoms with Gasteiger partial charge >= 0.3 is 6.09 Å². The molecule has 0 aliphatic carbocycles. The van der Waals surface area contributed by atoms with Gasteiger partial charge in [-0.15, -0.1) is 0 Å².